The predicted octanol–water partition coefficient (Wildman–Crippen LogP) is 4.17. The average molecular weight is 279 g/mol. The molecule has 0 unspecified atom stereocenters. The Balaban J connectivity index is 2.09. The van der Waals surface area contributed by atoms with E-state index in [9.17, 15) is 0 Å². The van der Waals surface area contributed by atoms with Gasteiger partial charge in [0.2, 0.25) is 0 Å². The first kappa shape index (κ1) is 13.8. The van der Waals surface area contributed by atoms with Crippen LogP contribution in [-0.4, -0.2) is 11.7 Å². The molecule has 1 aromatic heterocycles. The number of rotatable bonds is 6. The van der Waals surface area contributed by atoms with Crippen LogP contribution in [-0.2, 0) is 13.1 Å². The number of benzene rings is 1. The summed E-state index contributed by atoms with van der Waals surface area (Å²) in [5.74, 6) is 0.804. The fourth-order valence-corrected chi connectivity index (χ4v) is 2.25. The second kappa shape index (κ2) is 6.53. The Hall–Kier alpha value is -1.61. The molecule has 0 saturated heterocycles. The summed E-state index contributed by atoms with van der Waals surface area (Å²) in [6.45, 7) is 3.97. The summed E-state index contributed by atoms with van der Waals surface area (Å²) >= 11 is 6.01. The van der Waals surface area contributed by atoms with E-state index in [4.69, 9.17) is 16.3 Å². The van der Waals surface area contributed by atoms with Gasteiger partial charge < -0.3 is 14.6 Å². The quantitative estimate of drug-likeness (QED) is 0.858. The standard InChI is InChI=1S/C15H19ClN2O/c1-3-8-18-9-4-5-13(18)11-17-14-10-12(16)6-7-15(14)19-2/h4-7,9-10,17H,3,8,11H2,1-2H3. The van der Waals surface area contributed by atoms with E-state index in [2.05, 4.69) is 35.1 Å². The molecule has 0 aliphatic heterocycles. The lowest BCUT2D eigenvalue weighted by Crippen LogP contribution is -2.07. The lowest BCUT2D eigenvalue weighted by atomic mass is 10.3. The predicted molar refractivity (Wildman–Crippen MR) is 80.1 cm³/mol. The first-order valence-corrected chi connectivity index (χ1v) is 6.83. The Morgan fingerprint density at radius 1 is 1.32 bits per heavy atom. The lowest BCUT2D eigenvalue weighted by molar-refractivity contribution is 0.416. The summed E-state index contributed by atoms with van der Waals surface area (Å²) < 4.78 is 7.57. The van der Waals surface area contributed by atoms with E-state index < -0.39 is 0 Å². The van der Waals surface area contributed by atoms with Crippen LogP contribution in [0.2, 0.25) is 5.02 Å². The van der Waals surface area contributed by atoms with Crippen LogP contribution in [0.25, 0.3) is 0 Å². The van der Waals surface area contributed by atoms with Gasteiger partial charge in [0.1, 0.15) is 5.75 Å². The van der Waals surface area contributed by atoms with E-state index in [1.807, 2.05) is 18.2 Å². The maximum atomic E-state index is 6.01. The summed E-state index contributed by atoms with van der Waals surface area (Å²) in [5, 5.41) is 4.08. The van der Waals surface area contributed by atoms with Crippen LogP contribution in [0, 0.1) is 0 Å². The number of nitrogens with one attached hydrogen (secondary N) is 1. The van der Waals surface area contributed by atoms with Gasteiger partial charge in [-0.2, -0.15) is 0 Å². The van der Waals surface area contributed by atoms with Crippen molar-refractivity contribution < 1.29 is 4.74 Å². The zero-order valence-corrected chi connectivity index (χ0v) is 12.1. The minimum atomic E-state index is 0.701. The Bertz CT molecular complexity index is 537. The van der Waals surface area contributed by atoms with Crippen molar-refractivity contribution in [1.82, 2.24) is 4.57 Å². The highest BCUT2D eigenvalue weighted by atomic mass is 35.5. The first-order valence-electron chi connectivity index (χ1n) is 6.46. The number of halogens is 1. The Morgan fingerprint density at radius 2 is 2.16 bits per heavy atom. The molecule has 0 amide bonds. The molecular formula is C15H19ClN2O. The molecule has 1 heterocycles. The number of nitrogens with zero attached hydrogens (tertiary/aromatic N) is 1. The molecule has 0 radical (unpaired) electrons. The van der Waals surface area contributed by atoms with E-state index in [0.29, 0.717) is 5.02 Å². The van der Waals surface area contributed by atoms with Crippen molar-refractivity contribution in [3.63, 3.8) is 0 Å². The molecule has 4 heteroatoms. The molecule has 2 aromatic rings. The minimum Gasteiger partial charge on any atom is -0.495 e. The number of methoxy groups -OCH3 is 1. The smallest absolute Gasteiger partial charge is 0.142 e. The zero-order valence-electron chi connectivity index (χ0n) is 11.3. The summed E-state index contributed by atoms with van der Waals surface area (Å²) in [4.78, 5) is 0. The fourth-order valence-electron chi connectivity index (χ4n) is 2.07. The minimum absolute atomic E-state index is 0.701. The molecule has 0 fully saturated rings. The van der Waals surface area contributed by atoms with E-state index in [1.165, 1.54) is 5.69 Å². The molecule has 2 rings (SSSR count). The van der Waals surface area contributed by atoms with Gasteiger partial charge >= 0.3 is 0 Å². The van der Waals surface area contributed by atoms with Crippen molar-refractivity contribution in [2.24, 2.45) is 0 Å². The highest BCUT2D eigenvalue weighted by Crippen LogP contribution is 2.28. The van der Waals surface area contributed by atoms with Crippen molar-refractivity contribution in [3.05, 3.63) is 47.2 Å². The zero-order chi connectivity index (χ0) is 13.7. The van der Waals surface area contributed by atoms with Crippen molar-refractivity contribution in [2.75, 3.05) is 12.4 Å². The normalized spacial score (nSPS) is 10.5. The van der Waals surface area contributed by atoms with Crippen LogP contribution >= 0.6 is 11.6 Å². The molecule has 0 spiro atoms. The monoisotopic (exact) mass is 278 g/mol. The van der Waals surface area contributed by atoms with Gasteiger partial charge in [-0.25, -0.2) is 0 Å². The number of hydrogen-bond donors (Lipinski definition) is 1. The largest absolute Gasteiger partial charge is 0.495 e. The molecule has 102 valence electrons. The van der Waals surface area contributed by atoms with Crippen LogP contribution in [0.4, 0.5) is 5.69 Å². The van der Waals surface area contributed by atoms with E-state index in [1.54, 1.807) is 7.11 Å². The van der Waals surface area contributed by atoms with Crippen LogP contribution in [0.3, 0.4) is 0 Å². The third-order valence-electron chi connectivity index (χ3n) is 3.01. The summed E-state index contributed by atoms with van der Waals surface area (Å²) in [6, 6.07) is 9.77. The Labute approximate surface area is 119 Å². The SMILES string of the molecule is CCCn1cccc1CNc1cc(Cl)ccc1OC. The first-order chi connectivity index (χ1) is 9.24. The van der Waals surface area contributed by atoms with Gasteiger partial charge in [0.15, 0.2) is 0 Å². The van der Waals surface area contributed by atoms with Crippen molar-refractivity contribution in [1.29, 1.82) is 0 Å². The van der Waals surface area contributed by atoms with Crippen molar-refractivity contribution in [3.8, 4) is 5.75 Å². The summed E-state index contributed by atoms with van der Waals surface area (Å²) in [5.41, 5.74) is 2.17. The summed E-state index contributed by atoms with van der Waals surface area (Å²) in [7, 11) is 1.66. The molecule has 1 aromatic carbocycles. The van der Waals surface area contributed by atoms with Crippen molar-refractivity contribution >= 4 is 17.3 Å². The molecule has 0 saturated carbocycles. The second-order valence-electron chi connectivity index (χ2n) is 4.39. The lowest BCUT2D eigenvalue weighted by Gasteiger charge is -2.13. The highest BCUT2D eigenvalue weighted by molar-refractivity contribution is 6.30. The molecule has 0 atom stereocenters. The molecule has 1 N–H and O–H groups in total. The number of ether oxygens (including phenoxy) is 1. The van der Waals surface area contributed by atoms with Crippen LogP contribution in [0.1, 0.15) is 19.0 Å². The molecule has 19 heavy (non-hydrogen) atoms. The maximum absolute atomic E-state index is 6.01. The third kappa shape index (κ3) is 3.44. The maximum Gasteiger partial charge on any atom is 0.142 e. The molecule has 0 aliphatic carbocycles. The van der Waals surface area contributed by atoms with Crippen LogP contribution in [0.5, 0.6) is 5.75 Å². The highest BCUT2D eigenvalue weighted by Gasteiger charge is 2.05. The number of hydrogen-bond acceptors (Lipinski definition) is 2. The molecule has 3 nitrogen and oxygen atoms in total. The molecule has 0 bridgehead atoms. The molecular weight excluding hydrogens is 260 g/mol. The number of anilines is 1. The third-order valence-corrected chi connectivity index (χ3v) is 3.24. The van der Waals surface area contributed by atoms with Crippen LogP contribution in [0.15, 0.2) is 36.5 Å². The summed E-state index contributed by atoms with van der Waals surface area (Å²) in [6.07, 6.45) is 3.23. The van der Waals surface area contributed by atoms with E-state index >= 15 is 0 Å². The number of aromatic nitrogens is 1. The average Bonchev–Trinajstić information content (AvgIpc) is 2.84. The van der Waals surface area contributed by atoms with Gasteiger partial charge in [0.25, 0.3) is 0 Å². The van der Waals surface area contributed by atoms with Gasteiger partial charge in [-0.15, -0.1) is 0 Å². The number of aryl methyl sites for hydroxylation is 1. The Kier molecular flexibility index (Phi) is 4.74. The Morgan fingerprint density at radius 3 is 2.89 bits per heavy atom. The van der Waals surface area contributed by atoms with Crippen LogP contribution < -0.4 is 10.1 Å². The molecule has 0 aliphatic rings. The second-order valence-corrected chi connectivity index (χ2v) is 4.83. The van der Waals surface area contributed by atoms with Gasteiger partial charge in [0, 0.05) is 23.5 Å². The van der Waals surface area contributed by atoms with Gasteiger partial charge in [0.05, 0.1) is 19.3 Å². The van der Waals surface area contributed by atoms with E-state index in [-0.39, 0.29) is 0 Å². The van der Waals surface area contributed by atoms with Crippen molar-refractivity contribution in [2.45, 2.75) is 26.4 Å². The van der Waals surface area contributed by atoms with Gasteiger partial charge in [-0.05, 0) is 36.8 Å². The fraction of sp³-hybridized carbons (Fsp3) is 0.333. The van der Waals surface area contributed by atoms with E-state index in [0.717, 1.165) is 30.9 Å². The van der Waals surface area contributed by atoms with Gasteiger partial charge in [-0.3, -0.25) is 0 Å². The van der Waals surface area contributed by atoms with Gasteiger partial charge in [-0.1, -0.05) is 18.5 Å². The topological polar surface area (TPSA) is 26.2 Å².